The number of sulfonamides is 1. The number of benzene rings is 1. The summed E-state index contributed by atoms with van der Waals surface area (Å²) in [5, 5.41) is 13.7. The molecule has 27 heavy (non-hydrogen) atoms. The maximum Gasteiger partial charge on any atom is 0.322 e. The van der Waals surface area contributed by atoms with E-state index in [0.717, 1.165) is 4.31 Å². The number of carboxylic acid groups (broad SMARTS) is 1. The Morgan fingerprint density at radius 2 is 2.07 bits per heavy atom. The van der Waals surface area contributed by atoms with Gasteiger partial charge in [0.2, 0.25) is 10.0 Å². The average Bonchev–Trinajstić information content (AvgIpc) is 3.20. The summed E-state index contributed by atoms with van der Waals surface area (Å²) in [7, 11) is -2.61. The van der Waals surface area contributed by atoms with Gasteiger partial charge in [-0.1, -0.05) is 0 Å². The molecule has 2 saturated heterocycles. The molecule has 0 aliphatic carbocycles. The lowest BCUT2D eigenvalue weighted by molar-refractivity contribution is -0.141. The SMILES string of the molecule is COc1ccc(S(=O)(=O)N2CCC(C(=O)O)C2)cc1C1(C)NC(=O)NC1=O. The fraction of sp³-hybridized carbons (Fsp3) is 0.438. The Kier molecular flexibility index (Phi) is 4.60. The van der Waals surface area contributed by atoms with Gasteiger partial charge in [-0.05, 0) is 31.5 Å². The van der Waals surface area contributed by atoms with Crippen LogP contribution in [0.4, 0.5) is 4.79 Å². The molecule has 0 aromatic heterocycles. The van der Waals surface area contributed by atoms with Gasteiger partial charge >= 0.3 is 12.0 Å². The molecule has 10 nitrogen and oxygen atoms in total. The molecule has 3 amide bonds. The molecule has 11 heteroatoms. The van der Waals surface area contributed by atoms with E-state index in [1.807, 2.05) is 0 Å². The Balaban J connectivity index is 2.02. The summed E-state index contributed by atoms with van der Waals surface area (Å²) in [6, 6.07) is 3.30. The van der Waals surface area contributed by atoms with Crippen LogP contribution >= 0.6 is 0 Å². The number of nitrogens with one attached hydrogen (secondary N) is 2. The zero-order valence-corrected chi connectivity index (χ0v) is 15.5. The topological polar surface area (TPSA) is 142 Å². The Morgan fingerprint density at radius 1 is 1.37 bits per heavy atom. The van der Waals surface area contributed by atoms with Crippen LogP contribution in [0.25, 0.3) is 0 Å². The predicted molar refractivity (Wildman–Crippen MR) is 91.5 cm³/mol. The lowest BCUT2D eigenvalue weighted by atomic mass is 9.91. The van der Waals surface area contributed by atoms with E-state index >= 15 is 0 Å². The molecule has 3 N–H and O–H groups in total. The van der Waals surface area contributed by atoms with Crippen LogP contribution in [0.3, 0.4) is 0 Å². The van der Waals surface area contributed by atoms with E-state index in [1.165, 1.54) is 32.2 Å². The van der Waals surface area contributed by atoms with Crippen molar-refractivity contribution in [3.63, 3.8) is 0 Å². The van der Waals surface area contributed by atoms with Gasteiger partial charge < -0.3 is 15.2 Å². The van der Waals surface area contributed by atoms with Crippen LogP contribution in [-0.2, 0) is 25.2 Å². The molecule has 3 rings (SSSR count). The zero-order valence-electron chi connectivity index (χ0n) is 14.7. The highest BCUT2D eigenvalue weighted by Gasteiger charge is 2.46. The number of carboxylic acids is 1. The van der Waals surface area contributed by atoms with E-state index in [4.69, 9.17) is 9.84 Å². The molecule has 0 saturated carbocycles. The number of carbonyl (C=O) groups is 3. The van der Waals surface area contributed by atoms with E-state index in [-0.39, 0.29) is 35.7 Å². The van der Waals surface area contributed by atoms with Crippen molar-refractivity contribution in [1.29, 1.82) is 0 Å². The maximum atomic E-state index is 12.9. The predicted octanol–water partition coefficient (Wildman–Crippen LogP) is -0.155. The number of rotatable bonds is 5. The van der Waals surface area contributed by atoms with E-state index in [1.54, 1.807) is 0 Å². The molecular weight excluding hydrogens is 378 g/mol. The fourth-order valence-corrected chi connectivity index (χ4v) is 4.80. The van der Waals surface area contributed by atoms with Crippen LogP contribution in [0.5, 0.6) is 5.75 Å². The van der Waals surface area contributed by atoms with Gasteiger partial charge in [0.25, 0.3) is 5.91 Å². The van der Waals surface area contributed by atoms with Gasteiger partial charge in [0, 0.05) is 18.7 Å². The molecule has 0 spiro atoms. The molecule has 1 aromatic carbocycles. The van der Waals surface area contributed by atoms with Gasteiger partial charge in [-0.25, -0.2) is 13.2 Å². The molecule has 2 aliphatic heterocycles. The van der Waals surface area contributed by atoms with E-state index < -0.39 is 39.4 Å². The number of urea groups is 1. The van der Waals surface area contributed by atoms with Gasteiger partial charge in [0.05, 0.1) is 17.9 Å². The molecule has 2 aliphatic rings. The molecule has 2 fully saturated rings. The second-order valence-electron chi connectivity index (χ2n) is 6.58. The van der Waals surface area contributed by atoms with Crippen molar-refractivity contribution >= 4 is 27.9 Å². The van der Waals surface area contributed by atoms with Crippen molar-refractivity contribution in [1.82, 2.24) is 14.9 Å². The first-order valence-corrected chi connectivity index (χ1v) is 9.58. The van der Waals surface area contributed by atoms with Gasteiger partial charge in [0.15, 0.2) is 0 Å². The number of nitrogens with zero attached hydrogens (tertiary/aromatic N) is 1. The molecule has 2 unspecified atom stereocenters. The van der Waals surface area contributed by atoms with Crippen molar-refractivity contribution in [3.8, 4) is 5.75 Å². The number of hydrogen-bond acceptors (Lipinski definition) is 6. The Hall–Kier alpha value is -2.66. The van der Waals surface area contributed by atoms with Crippen molar-refractivity contribution in [2.24, 2.45) is 5.92 Å². The highest BCUT2D eigenvalue weighted by molar-refractivity contribution is 7.89. The van der Waals surface area contributed by atoms with E-state index in [9.17, 15) is 22.8 Å². The maximum absolute atomic E-state index is 12.9. The number of hydrogen-bond donors (Lipinski definition) is 3. The van der Waals surface area contributed by atoms with Gasteiger partial charge in [-0.15, -0.1) is 0 Å². The molecular formula is C16H19N3O7S. The second-order valence-corrected chi connectivity index (χ2v) is 8.52. The van der Waals surface area contributed by atoms with Crippen LogP contribution in [0.2, 0.25) is 0 Å². The molecule has 0 radical (unpaired) electrons. The third kappa shape index (κ3) is 3.12. The number of methoxy groups -OCH3 is 1. The molecule has 2 heterocycles. The Morgan fingerprint density at radius 3 is 2.59 bits per heavy atom. The Bertz CT molecular complexity index is 930. The first-order chi connectivity index (χ1) is 12.6. The van der Waals surface area contributed by atoms with Crippen LogP contribution in [0.1, 0.15) is 18.9 Å². The van der Waals surface area contributed by atoms with Gasteiger partial charge in [-0.2, -0.15) is 4.31 Å². The van der Waals surface area contributed by atoms with E-state index in [0.29, 0.717) is 0 Å². The lowest BCUT2D eigenvalue weighted by Crippen LogP contribution is -2.41. The van der Waals surface area contributed by atoms with Crippen molar-refractivity contribution in [2.45, 2.75) is 23.8 Å². The number of ether oxygens (including phenoxy) is 1. The minimum Gasteiger partial charge on any atom is -0.496 e. The monoisotopic (exact) mass is 397 g/mol. The molecule has 146 valence electrons. The summed E-state index contributed by atoms with van der Waals surface area (Å²) in [4.78, 5) is 34.8. The van der Waals surface area contributed by atoms with E-state index in [2.05, 4.69) is 10.6 Å². The molecule has 2 atom stereocenters. The Labute approximate surface area is 155 Å². The minimum atomic E-state index is -3.97. The summed E-state index contributed by atoms with van der Waals surface area (Å²) in [6.45, 7) is 1.42. The van der Waals surface area contributed by atoms with Crippen molar-refractivity contribution < 1.29 is 32.6 Å². The average molecular weight is 397 g/mol. The standard InChI is InChI=1S/C16H19N3O7S/c1-16(14(22)17-15(23)18-16)11-7-10(3-4-12(11)26-2)27(24,25)19-6-5-9(8-19)13(20)21/h3-4,7,9H,5-6,8H2,1-2H3,(H,20,21)(H2,17,18,22,23). The largest absolute Gasteiger partial charge is 0.496 e. The lowest BCUT2D eigenvalue weighted by Gasteiger charge is -2.25. The van der Waals surface area contributed by atoms with Crippen LogP contribution < -0.4 is 15.4 Å². The third-order valence-corrected chi connectivity index (χ3v) is 6.75. The van der Waals surface area contributed by atoms with Gasteiger partial charge in [0.1, 0.15) is 11.3 Å². The van der Waals surface area contributed by atoms with Gasteiger partial charge in [-0.3, -0.25) is 14.9 Å². The first-order valence-electron chi connectivity index (χ1n) is 8.14. The quantitative estimate of drug-likeness (QED) is 0.586. The minimum absolute atomic E-state index is 0.0924. The first kappa shape index (κ1) is 19.1. The van der Waals surface area contributed by atoms with Crippen molar-refractivity contribution in [2.75, 3.05) is 20.2 Å². The van der Waals surface area contributed by atoms with Crippen LogP contribution in [0, 0.1) is 5.92 Å². The van der Waals surface area contributed by atoms with Crippen molar-refractivity contribution in [3.05, 3.63) is 23.8 Å². The fourth-order valence-electron chi connectivity index (χ4n) is 3.27. The number of aliphatic carboxylic acids is 1. The summed E-state index contributed by atoms with van der Waals surface area (Å²) < 4.78 is 32.2. The zero-order chi connectivity index (χ0) is 20.0. The smallest absolute Gasteiger partial charge is 0.322 e. The molecule has 1 aromatic rings. The summed E-state index contributed by atoms with van der Waals surface area (Å²) >= 11 is 0. The summed E-state index contributed by atoms with van der Waals surface area (Å²) in [5.74, 6) is -2.19. The molecule has 0 bridgehead atoms. The highest BCUT2D eigenvalue weighted by Crippen LogP contribution is 2.35. The highest BCUT2D eigenvalue weighted by atomic mass is 32.2. The number of carbonyl (C=O) groups excluding carboxylic acids is 2. The van der Waals surface area contributed by atoms with Crippen LogP contribution in [-0.4, -0.2) is 55.9 Å². The third-order valence-electron chi connectivity index (χ3n) is 4.89. The van der Waals surface area contributed by atoms with Crippen LogP contribution in [0.15, 0.2) is 23.1 Å². The number of amides is 3. The normalized spacial score (nSPS) is 25.9. The second kappa shape index (κ2) is 6.50. The summed E-state index contributed by atoms with van der Waals surface area (Å²) in [5.41, 5.74) is -1.31. The number of imide groups is 1. The summed E-state index contributed by atoms with van der Waals surface area (Å²) in [6.07, 6.45) is 0.230.